The number of carbonyl (C=O) groups is 1. The van der Waals surface area contributed by atoms with Crippen LogP contribution in [0.4, 0.5) is 4.39 Å². The molecular weight excluding hydrogens is 267 g/mol. The summed E-state index contributed by atoms with van der Waals surface area (Å²) < 4.78 is 13.8. The van der Waals surface area contributed by atoms with Crippen molar-refractivity contribution in [2.24, 2.45) is 11.8 Å². The Kier molecular flexibility index (Phi) is 3.23. The fraction of sp³-hybridized carbons (Fsp3) is 0.500. The van der Waals surface area contributed by atoms with Gasteiger partial charge in [-0.2, -0.15) is 0 Å². The van der Waals surface area contributed by atoms with E-state index in [1.54, 1.807) is 11.0 Å². The van der Waals surface area contributed by atoms with Gasteiger partial charge in [0.25, 0.3) is 5.91 Å². The standard InChI is InChI=1S/C14H16ClFN2O/c1-8-10-6-17-5-9(10)7-18(8)14(19)13-11(15)3-2-4-12(13)16/h2-4,8-10,17H,5-7H2,1H3. The number of rotatable bonds is 1. The summed E-state index contributed by atoms with van der Waals surface area (Å²) in [6.45, 7) is 4.58. The van der Waals surface area contributed by atoms with Crippen molar-refractivity contribution in [3.05, 3.63) is 34.6 Å². The number of likely N-dealkylation sites (tertiary alicyclic amines) is 1. The van der Waals surface area contributed by atoms with Crippen molar-refractivity contribution in [2.45, 2.75) is 13.0 Å². The van der Waals surface area contributed by atoms with Crippen molar-refractivity contribution in [1.82, 2.24) is 10.2 Å². The summed E-state index contributed by atoms with van der Waals surface area (Å²) in [7, 11) is 0. The van der Waals surface area contributed by atoms with Gasteiger partial charge in [0.1, 0.15) is 5.82 Å². The second-order valence-electron chi connectivity index (χ2n) is 5.38. The minimum Gasteiger partial charge on any atom is -0.335 e. The van der Waals surface area contributed by atoms with Gasteiger partial charge in [-0.25, -0.2) is 4.39 Å². The predicted octanol–water partition coefficient (Wildman–Crippen LogP) is 2.16. The molecule has 19 heavy (non-hydrogen) atoms. The van der Waals surface area contributed by atoms with Crippen LogP contribution in [0.2, 0.25) is 5.02 Å². The van der Waals surface area contributed by atoms with Crippen molar-refractivity contribution in [2.75, 3.05) is 19.6 Å². The molecule has 5 heteroatoms. The number of carbonyl (C=O) groups excluding carboxylic acids is 1. The average molecular weight is 283 g/mol. The summed E-state index contributed by atoms with van der Waals surface area (Å²) >= 11 is 5.97. The largest absolute Gasteiger partial charge is 0.335 e. The molecule has 2 aliphatic heterocycles. The van der Waals surface area contributed by atoms with E-state index in [4.69, 9.17) is 11.6 Å². The van der Waals surface area contributed by atoms with Crippen LogP contribution < -0.4 is 5.32 Å². The van der Waals surface area contributed by atoms with Gasteiger partial charge in [-0.3, -0.25) is 4.79 Å². The summed E-state index contributed by atoms with van der Waals surface area (Å²) in [4.78, 5) is 14.3. The Balaban J connectivity index is 1.89. The van der Waals surface area contributed by atoms with E-state index in [2.05, 4.69) is 5.32 Å². The Morgan fingerprint density at radius 3 is 2.95 bits per heavy atom. The highest BCUT2D eigenvalue weighted by molar-refractivity contribution is 6.33. The van der Waals surface area contributed by atoms with E-state index in [1.807, 2.05) is 6.92 Å². The molecule has 0 spiro atoms. The first-order valence-corrected chi connectivity index (χ1v) is 6.93. The maximum atomic E-state index is 13.8. The molecule has 0 aromatic heterocycles. The molecule has 1 N–H and O–H groups in total. The van der Waals surface area contributed by atoms with Gasteiger partial charge in [0.05, 0.1) is 10.6 Å². The van der Waals surface area contributed by atoms with Gasteiger partial charge in [-0.15, -0.1) is 0 Å². The normalized spacial score (nSPS) is 29.6. The molecule has 0 aliphatic carbocycles. The molecule has 0 radical (unpaired) electrons. The maximum absolute atomic E-state index is 13.8. The first-order chi connectivity index (χ1) is 9.09. The Morgan fingerprint density at radius 1 is 1.47 bits per heavy atom. The lowest BCUT2D eigenvalue weighted by Crippen LogP contribution is -2.38. The zero-order valence-electron chi connectivity index (χ0n) is 10.7. The Morgan fingerprint density at radius 2 is 2.26 bits per heavy atom. The molecular formula is C14H16ClFN2O. The molecule has 3 unspecified atom stereocenters. The van der Waals surface area contributed by atoms with Crippen molar-refractivity contribution in [3.63, 3.8) is 0 Å². The molecule has 3 atom stereocenters. The van der Waals surface area contributed by atoms with Gasteiger partial charge in [-0.05, 0) is 30.9 Å². The number of benzene rings is 1. The number of amides is 1. The second-order valence-corrected chi connectivity index (χ2v) is 5.78. The highest BCUT2D eigenvalue weighted by atomic mass is 35.5. The highest BCUT2D eigenvalue weighted by Gasteiger charge is 2.44. The topological polar surface area (TPSA) is 32.3 Å². The number of nitrogens with zero attached hydrogens (tertiary/aromatic N) is 1. The van der Waals surface area contributed by atoms with E-state index >= 15 is 0 Å². The summed E-state index contributed by atoms with van der Waals surface area (Å²) in [5, 5.41) is 3.53. The van der Waals surface area contributed by atoms with Crippen LogP contribution in [0.3, 0.4) is 0 Å². The van der Waals surface area contributed by atoms with Crippen LogP contribution in [0, 0.1) is 17.7 Å². The summed E-state index contributed by atoms with van der Waals surface area (Å²) in [6.07, 6.45) is 0. The molecule has 1 aromatic rings. The lowest BCUT2D eigenvalue weighted by Gasteiger charge is -2.25. The van der Waals surface area contributed by atoms with Crippen LogP contribution >= 0.6 is 11.6 Å². The second kappa shape index (κ2) is 4.76. The maximum Gasteiger partial charge on any atom is 0.258 e. The number of fused-ring (bicyclic) bond motifs is 1. The number of nitrogens with one attached hydrogen (secondary N) is 1. The Labute approximate surface area is 116 Å². The van der Waals surface area contributed by atoms with E-state index in [0.717, 1.165) is 13.1 Å². The van der Waals surface area contributed by atoms with E-state index in [-0.39, 0.29) is 22.5 Å². The summed E-state index contributed by atoms with van der Waals surface area (Å²) in [5.74, 6) is 0.115. The lowest BCUT2D eigenvalue weighted by molar-refractivity contribution is 0.0724. The summed E-state index contributed by atoms with van der Waals surface area (Å²) in [6, 6.07) is 4.48. The quantitative estimate of drug-likeness (QED) is 0.856. The van der Waals surface area contributed by atoms with E-state index < -0.39 is 5.82 Å². The van der Waals surface area contributed by atoms with Crippen molar-refractivity contribution >= 4 is 17.5 Å². The van der Waals surface area contributed by atoms with E-state index in [1.165, 1.54) is 12.1 Å². The third-order valence-electron chi connectivity index (χ3n) is 4.37. The molecule has 2 fully saturated rings. The van der Waals surface area contributed by atoms with Gasteiger partial charge in [0.2, 0.25) is 0 Å². The molecule has 3 rings (SSSR count). The minimum atomic E-state index is -0.542. The third kappa shape index (κ3) is 2.03. The fourth-order valence-corrected chi connectivity index (χ4v) is 3.53. The SMILES string of the molecule is CC1C2CNCC2CN1C(=O)c1c(F)cccc1Cl. The number of hydrogen-bond donors (Lipinski definition) is 1. The molecule has 3 nitrogen and oxygen atoms in total. The van der Waals surface area contributed by atoms with Crippen LogP contribution in [0.5, 0.6) is 0 Å². The molecule has 2 aliphatic rings. The highest BCUT2D eigenvalue weighted by Crippen LogP contribution is 2.34. The van der Waals surface area contributed by atoms with Crippen molar-refractivity contribution in [1.29, 1.82) is 0 Å². The molecule has 0 saturated carbocycles. The van der Waals surface area contributed by atoms with Gasteiger partial charge in [-0.1, -0.05) is 17.7 Å². The lowest BCUT2D eigenvalue weighted by atomic mass is 9.95. The van der Waals surface area contributed by atoms with Crippen LogP contribution in [0.15, 0.2) is 18.2 Å². The molecule has 1 aromatic carbocycles. The zero-order valence-corrected chi connectivity index (χ0v) is 11.5. The van der Waals surface area contributed by atoms with Crippen LogP contribution in [-0.4, -0.2) is 36.5 Å². The zero-order chi connectivity index (χ0) is 13.6. The monoisotopic (exact) mass is 282 g/mol. The van der Waals surface area contributed by atoms with Crippen molar-refractivity contribution in [3.8, 4) is 0 Å². The number of hydrogen-bond acceptors (Lipinski definition) is 2. The smallest absolute Gasteiger partial charge is 0.258 e. The fourth-order valence-electron chi connectivity index (χ4n) is 3.28. The third-order valence-corrected chi connectivity index (χ3v) is 4.69. The number of halogens is 2. The van der Waals surface area contributed by atoms with Crippen LogP contribution in [0.25, 0.3) is 0 Å². The minimum absolute atomic E-state index is 0.00366. The molecule has 2 heterocycles. The van der Waals surface area contributed by atoms with Gasteiger partial charge in [0, 0.05) is 25.7 Å². The molecule has 1 amide bonds. The predicted molar refractivity (Wildman–Crippen MR) is 71.8 cm³/mol. The average Bonchev–Trinajstić information content (AvgIpc) is 2.92. The van der Waals surface area contributed by atoms with Crippen LogP contribution in [0.1, 0.15) is 17.3 Å². The Bertz CT molecular complexity index is 502. The molecule has 2 saturated heterocycles. The van der Waals surface area contributed by atoms with E-state index in [0.29, 0.717) is 18.4 Å². The van der Waals surface area contributed by atoms with Crippen molar-refractivity contribution < 1.29 is 9.18 Å². The molecule has 0 bridgehead atoms. The van der Waals surface area contributed by atoms with Gasteiger partial charge < -0.3 is 10.2 Å². The Hall–Kier alpha value is -1.13. The molecule has 102 valence electrons. The van der Waals surface area contributed by atoms with E-state index in [9.17, 15) is 9.18 Å². The van der Waals surface area contributed by atoms with Crippen LogP contribution in [-0.2, 0) is 0 Å². The summed E-state index contributed by atoms with van der Waals surface area (Å²) in [5.41, 5.74) is 0.00366. The first-order valence-electron chi connectivity index (χ1n) is 6.55. The first kappa shape index (κ1) is 12.9. The van der Waals surface area contributed by atoms with Gasteiger partial charge >= 0.3 is 0 Å². The van der Waals surface area contributed by atoms with Gasteiger partial charge in [0.15, 0.2) is 0 Å².